The highest BCUT2D eigenvalue weighted by atomic mass is 16.3. The standard InChI is InChI=1S/C14H24N4O/c1-10-5-18-9-14(19)4-13(18)8-17(10)7-12-6-16(3)15-11(12)2/h6,10,13-14,19H,4-5,7-9H2,1-3H3/t10-,13-,14+/m0/s1. The maximum Gasteiger partial charge on any atom is 0.0682 e. The summed E-state index contributed by atoms with van der Waals surface area (Å²) in [6, 6.07) is 1.07. The molecule has 3 rings (SSSR count). The Bertz CT molecular complexity index is 458. The van der Waals surface area contributed by atoms with Crippen LogP contribution in [-0.4, -0.2) is 62.5 Å². The fourth-order valence-electron chi connectivity index (χ4n) is 3.52. The van der Waals surface area contributed by atoms with Crippen LogP contribution in [-0.2, 0) is 13.6 Å². The maximum absolute atomic E-state index is 9.80. The van der Waals surface area contributed by atoms with Gasteiger partial charge in [0, 0.05) is 57.1 Å². The zero-order valence-corrected chi connectivity index (χ0v) is 12.1. The van der Waals surface area contributed by atoms with Crippen LogP contribution in [0.2, 0.25) is 0 Å². The molecule has 3 atom stereocenters. The minimum absolute atomic E-state index is 0.128. The first-order valence-corrected chi connectivity index (χ1v) is 7.18. The fourth-order valence-corrected chi connectivity index (χ4v) is 3.52. The van der Waals surface area contributed by atoms with Gasteiger partial charge in [-0.05, 0) is 20.3 Å². The van der Waals surface area contributed by atoms with Crippen LogP contribution in [0, 0.1) is 6.92 Å². The Morgan fingerprint density at radius 2 is 2.16 bits per heavy atom. The van der Waals surface area contributed by atoms with E-state index >= 15 is 0 Å². The van der Waals surface area contributed by atoms with Crippen LogP contribution in [0.25, 0.3) is 0 Å². The van der Waals surface area contributed by atoms with Gasteiger partial charge in [0.15, 0.2) is 0 Å². The third-order valence-electron chi connectivity index (χ3n) is 4.56. The molecule has 5 heteroatoms. The number of piperazine rings is 1. The van der Waals surface area contributed by atoms with Gasteiger partial charge in [0.1, 0.15) is 0 Å². The predicted octanol–water partition coefficient (Wildman–Crippen LogP) is 0.368. The van der Waals surface area contributed by atoms with E-state index in [9.17, 15) is 5.11 Å². The Balaban J connectivity index is 1.69. The molecule has 0 unspecified atom stereocenters. The molecule has 1 aromatic rings. The van der Waals surface area contributed by atoms with Gasteiger partial charge in [0.25, 0.3) is 0 Å². The molecule has 0 radical (unpaired) electrons. The van der Waals surface area contributed by atoms with Crippen LogP contribution in [0.4, 0.5) is 0 Å². The molecular weight excluding hydrogens is 240 g/mol. The second-order valence-electron chi connectivity index (χ2n) is 6.19. The van der Waals surface area contributed by atoms with Crippen LogP contribution in [0.1, 0.15) is 24.6 Å². The van der Waals surface area contributed by atoms with Gasteiger partial charge in [-0.3, -0.25) is 14.5 Å². The Labute approximate surface area is 114 Å². The second kappa shape index (κ2) is 4.89. The molecule has 1 aromatic heterocycles. The van der Waals surface area contributed by atoms with Gasteiger partial charge in [0.2, 0.25) is 0 Å². The lowest BCUT2D eigenvalue weighted by atomic mass is 10.1. The van der Waals surface area contributed by atoms with Crippen molar-refractivity contribution in [2.45, 2.75) is 45.0 Å². The molecule has 0 aliphatic carbocycles. The lowest BCUT2D eigenvalue weighted by Gasteiger charge is -2.42. The first-order valence-electron chi connectivity index (χ1n) is 7.18. The normalized spacial score (nSPS) is 32.7. The molecule has 2 saturated heterocycles. The maximum atomic E-state index is 9.80. The summed E-state index contributed by atoms with van der Waals surface area (Å²) in [5.74, 6) is 0. The molecule has 0 spiro atoms. The zero-order valence-electron chi connectivity index (χ0n) is 12.1. The third kappa shape index (κ3) is 2.55. The van der Waals surface area contributed by atoms with Crippen molar-refractivity contribution in [1.29, 1.82) is 0 Å². The van der Waals surface area contributed by atoms with E-state index in [0.717, 1.165) is 38.3 Å². The van der Waals surface area contributed by atoms with Crippen molar-refractivity contribution in [3.05, 3.63) is 17.5 Å². The lowest BCUT2D eigenvalue weighted by molar-refractivity contribution is 0.0527. The van der Waals surface area contributed by atoms with Crippen LogP contribution < -0.4 is 0 Å². The van der Waals surface area contributed by atoms with Crippen LogP contribution >= 0.6 is 0 Å². The molecule has 19 heavy (non-hydrogen) atoms. The molecule has 2 aliphatic rings. The SMILES string of the molecule is Cc1nn(C)cc1CN1C[C@@H]2C[C@@H](O)CN2C[C@@H]1C. The summed E-state index contributed by atoms with van der Waals surface area (Å²) in [5, 5.41) is 14.2. The van der Waals surface area contributed by atoms with Crippen molar-refractivity contribution < 1.29 is 5.11 Å². The van der Waals surface area contributed by atoms with E-state index in [2.05, 4.69) is 34.9 Å². The van der Waals surface area contributed by atoms with Crippen molar-refractivity contribution in [1.82, 2.24) is 19.6 Å². The Morgan fingerprint density at radius 1 is 1.37 bits per heavy atom. The summed E-state index contributed by atoms with van der Waals surface area (Å²) in [6.07, 6.45) is 2.92. The number of aliphatic hydroxyl groups excluding tert-OH is 1. The van der Waals surface area contributed by atoms with Gasteiger partial charge in [-0.2, -0.15) is 5.10 Å². The molecule has 5 nitrogen and oxygen atoms in total. The smallest absolute Gasteiger partial charge is 0.0682 e. The summed E-state index contributed by atoms with van der Waals surface area (Å²) in [5.41, 5.74) is 2.45. The fraction of sp³-hybridized carbons (Fsp3) is 0.786. The summed E-state index contributed by atoms with van der Waals surface area (Å²) < 4.78 is 1.89. The highest BCUT2D eigenvalue weighted by Crippen LogP contribution is 2.26. The number of hydrogen-bond donors (Lipinski definition) is 1. The first-order chi connectivity index (χ1) is 9.02. The number of aryl methyl sites for hydroxylation is 2. The predicted molar refractivity (Wildman–Crippen MR) is 73.8 cm³/mol. The topological polar surface area (TPSA) is 44.5 Å². The quantitative estimate of drug-likeness (QED) is 0.838. The van der Waals surface area contributed by atoms with Crippen molar-refractivity contribution in [2.24, 2.45) is 7.05 Å². The summed E-state index contributed by atoms with van der Waals surface area (Å²) in [7, 11) is 1.98. The monoisotopic (exact) mass is 264 g/mol. The van der Waals surface area contributed by atoms with E-state index in [-0.39, 0.29) is 6.10 Å². The number of aromatic nitrogens is 2. The molecular formula is C14H24N4O. The third-order valence-corrected chi connectivity index (χ3v) is 4.56. The van der Waals surface area contributed by atoms with Crippen molar-refractivity contribution in [3.63, 3.8) is 0 Å². The van der Waals surface area contributed by atoms with Gasteiger partial charge < -0.3 is 5.11 Å². The molecule has 3 heterocycles. The van der Waals surface area contributed by atoms with E-state index in [1.165, 1.54) is 5.56 Å². The molecule has 106 valence electrons. The van der Waals surface area contributed by atoms with Gasteiger partial charge in [-0.25, -0.2) is 0 Å². The van der Waals surface area contributed by atoms with Gasteiger partial charge in [0.05, 0.1) is 11.8 Å². The first kappa shape index (κ1) is 13.1. The molecule has 0 aromatic carbocycles. The van der Waals surface area contributed by atoms with Gasteiger partial charge >= 0.3 is 0 Å². The van der Waals surface area contributed by atoms with Crippen molar-refractivity contribution >= 4 is 0 Å². The van der Waals surface area contributed by atoms with Gasteiger partial charge in [-0.1, -0.05) is 0 Å². The number of aliphatic hydroxyl groups is 1. The molecule has 0 saturated carbocycles. The molecule has 2 aliphatic heterocycles. The van der Waals surface area contributed by atoms with Crippen molar-refractivity contribution in [2.75, 3.05) is 19.6 Å². The number of hydrogen-bond acceptors (Lipinski definition) is 4. The average molecular weight is 264 g/mol. The zero-order chi connectivity index (χ0) is 13.6. The van der Waals surface area contributed by atoms with E-state index in [0.29, 0.717) is 12.1 Å². The lowest BCUT2D eigenvalue weighted by Crippen LogP contribution is -2.54. The minimum atomic E-state index is -0.128. The largest absolute Gasteiger partial charge is 0.392 e. The van der Waals surface area contributed by atoms with E-state index in [1.54, 1.807) is 0 Å². The minimum Gasteiger partial charge on any atom is -0.392 e. The summed E-state index contributed by atoms with van der Waals surface area (Å²) >= 11 is 0. The Kier molecular flexibility index (Phi) is 3.37. The Morgan fingerprint density at radius 3 is 2.84 bits per heavy atom. The molecule has 2 fully saturated rings. The summed E-state index contributed by atoms with van der Waals surface area (Å²) in [4.78, 5) is 4.98. The Hall–Kier alpha value is -0.910. The van der Waals surface area contributed by atoms with Crippen molar-refractivity contribution in [3.8, 4) is 0 Å². The molecule has 0 bridgehead atoms. The average Bonchev–Trinajstić information content (AvgIpc) is 2.81. The van der Waals surface area contributed by atoms with Crippen LogP contribution in [0.5, 0.6) is 0 Å². The second-order valence-corrected chi connectivity index (χ2v) is 6.19. The van der Waals surface area contributed by atoms with Gasteiger partial charge in [-0.15, -0.1) is 0 Å². The van der Waals surface area contributed by atoms with E-state index in [1.807, 2.05) is 11.7 Å². The highest BCUT2D eigenvalue weighted by molar-refractivity contribution is 5.15. The van der Waals surface area contributed by atoms with Crippen LogP contribution in [0.3, 0.4) is 0 Å². The number of nitrogens with zero attached hydrogens (tertiary/aromatic N) is 4. The highest BCUT2D eigenvalue weighted by Gasteiger charge is 2.38. The number of fused-ring (bicyclic) bond motifs is 1. The van der Waals surface area contributed by atoms with Crippen LogP contribution in [0.15, 0.2) is 6.20 Å². The molecule has 0 amide bonds. The van der Waals surface area contributed by atoms with E-state index < -0.39 is 0 Å². The number of rotatable bonds is 2. The van der Waals surface area contributed by atoms with E-state index in [4.69, 9.17) is 0 Å². The molecule has 1 N–H and O–H groups in total. The summed E-state index contributed by atoms with van der Waals surface area (Å²) in [6.45, 7) is 8.33.